The van der Waals surface area contributed by atoms with E-state index in [1.165, 1.54) is 12.1 Å². The van der Waals surface area contributed by atoms with Gasteiger partial charge in [0.15, 0.2) is 0 Å². The summed E-state index contributed by atoms with van der Waals surface area (Å²) < 4.78 is 13.6. The molecule has 0 aliphatic rings. The van der Waals surface area contributed by atoms with E-state index in [4.69, 9.17) is 5.73 Å². The molecule has 3 aromatic rings. The monoisotopic (exact) mass is 317 g/mol. The number of benzene rings is 2. The van der Waals surface area contributed by atoms with Gasteiger partial charge in [-0.3, -0.25) is 0 Å². The van der Waals surface area contributed by atoms with Crippen molar-refractivity contribution in [2.24, 2.45) is 0 Å². The molecule has 118 valence electrons. The van der Waals surface area contributed by atoms with Crippen LogP contribution in [0.5, 0.6) is 0 Å². The smallest absolute Gasteiger partial charge is 0.142 e. The molecule has 2 aromatic carbocycles. The van der Waals surface area contributed by atoms with Gasteiger partial charge in [-0.25, -0.2) is 9.37 Å². The molecule has 0 saturated carbocycles. The fraction of sp³-hybridized carbons (Fsp3) is 0.100. The number of nitriles is 1. The van der Waals surface area contributed by atoms with E-state index < -0.39 is 0 Å². The van der Waals surface area contributed by atoms with Gasteiger partial charge in [-0.15, -0.1) is 0 Å². The molecule has 0 unspecified atom stereocenters. The molecule has 1 heterocycles. The number of aryl methyl sites for hydroxylation is 2. The molecular weight excluding hydrogens is 301 g/mol. The molecule has 2 N–H and O–H groups in total. The summed E-state index contributed by atoms with van der Waals surface area (Å²) in [6.07, 6.45) is 0. The Labute approximate surface area is 140 Å². The summed E-state index contributed by atoms with van der Waals surface area (Å²) in [5.74, 6) is -0.214. The van der Waals surface area contributed by atoms with Gasteiger partial charge in [0.05, 0.1) is 5.69 Å². The van der Waals surface area contributed by atoms with E-state index in [0.717, 1.165) is 16.7 Å². The maximum Gasteiger partial charge on any atom is 0.142 e. The van der Waals surface area contributed by atoms with Crippen molar-refractivity contribution in [1.29, 1.82) is 5.26 Å². The second kappa shape index (κ2) is 6.13. The van der Waals surface area contributed by atoms with E-state index in [1.807, 2.05) is 26.0 Å². The normalized spacial score (nSPS) is 10.4. The zero-order valence-corrected chi connectivity index (χ0v) is 13.5. The lowest BCUT2D eigenvalue weighted by molar-refractivity contribution is 0.628. The summed E-state index contributed by atoms with van der Waals surface area (Å²) in [5, 5.41) is 9.42. The zero-order valence-electron chi connectivity index (χ0n) is 13.5. The number of anilines is 1. The molecule has 0 spiro atoms. The minimum Gasteiger partial charge on any atom is -0.383 e. The SMILES string of the molecule is Cc1ccc(-c2cc(-c3cccc(F)c3)c(C#N)c(N)n2)c(C)c1. The maximum absolute atomic E-state index is 13.6. The second-order valence-corrected chi connectivity index (χ2v) is 5.76. The van der Waals surface area contributed by atoms with Crippen LogP contribution in [0.25, 0.3) is 22.4 Å². The minimum absolute atomic E-state index is 0.147. The van der Waals surface area contributed by atoms with E-state index in [-0.39, 0.29) is 17.2 Å². The van der Waals surface area contributed by atoms with Crippen molar-refractivity contribution >= 4 is 5.82 Å². The van der Waals surface area contributed by atoms with E-state index in [2.05, 4.69) is 17.1 Å². The fourth-order valence-electron chi connectivity index (χ4n) is 2.80. The average Bonchev–Trinajstić information content (AvgIpc) is 2.54. The average molecular weight is 317 g/mol. The topological polar surface area (TPSA) is 62.7 Å². The highest BCUT2D eigenvalue weighted by Crippen LogP contribution is 2.32. The highest BCUT2D eigenvalue weighted by atomic mass is 19.1. The maximum atomic E-state index is 13.6. The van der Waals surface area contributed by atoms with E-state index in [1.54, 1.807) is 18.2 Å². The number of hydrogen-bond acceptors (Lipinski definition) is 3. The largest absolute Gasteiger partial charge is 0.383 e. The number of nitrogens with zero attached hydrogens (tertiary/aromatic N) is 2. The number of rotatable bonds is 2. The Morgan fingerprint density at radius 1 is 1.04 bits per heavy atom. The molecule has 4 heteroatoms. The lowest BCUT2D eigenvalue weighted by Crippen LogP contribution is -2.00. The van der Waals surface area contributed by atoms with Crippen molar-refractivity contribution in [1.82, 2.24) is 4.98 Å². The molecule has 0 aliphatic heterocycles. The Balaban J connectivity index is 2.26. The van der Waals surface area contributed by atoms with Crippen molar-refractivity contribution in [2.75, 3.05) is 5.73 Å². The van der Waals surface area contributed by atoms with Gasteiger partial charge in [0.2, 0.25) is 0 Å². The van der Waals surface area contributed by atoms with Gasteiger partial charge >= 0.3 is 0 Å². The first-order valence-electron chi connectivity index (χ1n) is 7.54. The Hall–Kier alpha value is -3.19. The van der Waals surface area contributed by atoms with Crippen LogP contribution in [0, 0.1) is 31.0 Å². The molecule has 0 amide bonds. The summed E-state index contributed by atoms with van der Waals surface area (Å²) >= 11 is 0. The molecule has 0 fully saturated rings. The quantitative estimate of drug-likeness (QED) is 0.750. The van der Waals surface area contributed by atoms with Crippen LogP contribution in [0.4, 0.5) is 10.2 Å². The van der Waals surface area contributed by atoms with E-state index in [9.17, 15) is 9.65 Å². The first-order valence-corrected chi connectivity index (χ1v) is 7.54. The summed E-state index contributed by atoms with van der Waals surface area (Å²) in [5.41, 5.74) is 11.3. The first kappa shape index (κ1) is 15.7. The van der Waals surface area contributed by atoms with Gasteiger partial charge in [0.25, 0.3) is 0 Å². The van der Waals surface area contributed by atoms with Crippen LogP contribution in [0.2, 0.25) is 0 Å². The third kappa shape index (κ3) is 2.84. The van der Waals surface area contributed by atoms with E-state index >= 15 is 0 Å². The van der Waals surface area contributed by atoms with Crippen LogP contribution in [0.1, 0.15) is 16.7 Å². The number of hydrogen-bond donors (Lipinski definition) is 1. The Morgan fingerprint density at radius 3 is 2.50 bits per heavy atom. The van der Waals surface area contributed by atoms with Crippen molar-refractivity contribution in [3.63, 3.8) is 0 Å². The van der Waals surface area contributed by atoms with Crippen molar-refractivity contribution in [3.8, 4) is 28.5 Å². The minimum atomic E-state index is -0.361. The van der Waals surface area contributed by atoms with Gasteiger partial charge < -0.3 is 5.73 Å². The molecule has 0 bridgehead atoms. The third-order valence-electron chi connectivity index (χ3n) is 3.95. The van der Waals surface area contributed by atoms with Gasteiger partial charge in [0, 0.05) is 11.1 Å². The number of nitrogens with two attached hydrogens (primary N) is 1. The van der Waals surface area contributed by atoms with Crippen molar-refractivity contribution in [2.45, 2.75) is 13.8 Å². The van der Waals surface area contributed by atoms with Crippen LogP contribution >= 0.6 is 0 Å². The molecule has 3 rings (SSSR count). The fourth-order valence-corrected chi connectivity index (χ4v) is 2.80. The first-order chi connectivity index (χ1) is 11.5. The van der Waals surface area contributed by atoms with Gasteiger partial charge in [-0.05, 0) is 43.2 Å². The molecule has 24 heavy (non-hydrogen) atoms. The molecule has 1 aromatic heterocycles. The number of nitrogen functional groups attached to an aromatic ring is 1. The van der Waals surface area contributed by atoms with Crippen molar-refractivity contribution < 1.29 is 4.39 Å². The number of pyridine rings is 1. The lowest BCUT2D eigenvalue weighted by Gasteiger charge is -2.12. The molecule has 0 atom stereocenters. The third-order valence-corrected chi connectivity index (χ3v) is 3.95. The van der Waals surface area contributed by atoms with Gasteiger partial charge in [0.1, 0.15) is 23.3 Å². The second-order valence-electron chi connectivity index (χ2n) is 5.76. The summed E-state index contributed by atoms with van der Waals surface area (Å²) in [6.45, 7) is 4.02. The van der Waals surface area contributed by atoms with Crippen LogP contribution in [0.15, 0.2) is 48.5 Å². The lowest BCUT2D eigenvalue weighted by atomic mass is 9.96. The van der Waals surface area contributed by atoms with Crippen LogP contribution in [0.3, 0.4) is 0 Å². The predicted octanol–water partition coefficient (Wildman–Crippen LogP) is 4.63. The predicted molar refractivity (Wildman–Crippen MR) is 93.7 cm³/mol. The standard InChI is InChI=1S/C20H16FN3/c1-12-6-7-16(13(2)8-12)19-10-17(18(11-22)20(23)24-19)14-4-3-5-15(21)9-14/h3-10H,1-2H3,(H2,23,24). The van der Waals surface area contributed by atoms with Crippen molar-refractivity contribution in [3.05, 3.63) is 71.0 Å². The Bertz CT molecular complexity index is 971. The van der Waals surface area contributed by atoms with Crippen LogP contribution in [-0.2, 0) is 0 Å². The molecule has 0 radical (unpaired) electrons. The Kier molecular flexibility index (Phi) is 4.01. The molecule has 0 saturated heterocycles. The van der Waals surface area contributed by atoms with Crippen LogP contribution < -0.4 is 5.73 Å². The molecule has 3 nitrogen and oxygen atoms in total. The Morgan fingerprint density at radius 2 is 1.83 bits per heavy atom. The molecular formula is C20H16FN3. The number of aromatic nitrogens is 1. The van der Waals surface area contributed by atoms with E-state index in [0.29, 0.717) is 16.8 Å². The summed E-state index contributed by atoms with van der Waals surface area (Å²) in [6, 6.07) is 16.0. The number of halogens is 1. The summed E-state index contributed by atoms with van der Waals surface area (Å²) in [4.78, 5) is 4.37. The van der Waals surface area contributed by atoms with Gasteiger partial charge in [-0.1, -0.05) is 35.9 Å². The summed E-state index contributed by atoms with van der Waals surface area (Å²) in [7, 11) is 0. The zero-order chi connectivity index (χ0) is 17.3. The highest BCUT2D eigenvalue weighted by Gasteiger charge is 2.14. The molecule has 0 aliphatic carbocycles. The van der Waals surface area contributed by atoms with Crippen LogP contribution in [-0.4, -0.2) is 4.98 Å². The van der Waals surface area contributed by atoms with Gasteiger partial charge in [-0.2, -0.15) is 5.26 Å². The highest BCUT2D eigenvalue weighted by molar-refractivity contribution is 5.80.